The fraction of sp³-hybridized carbons (Fsp3) is 0.238. The molecule has 2 aromatic carbocycles. The van der Waals surface area contributed by atoms with E-state index in [9.17, 15) is 0 Å². The van der Waals surface area contributed by atoms with Gasteiger partial charge in [-0.2, -0.15) is 0 Å². The van der Waals surface area contributed by atoms with Gasteiger partial charge in [-0.3, -0.25) is 4.98 Å². The molecule has 1 fully saturated rings. The van der Waals surface area contributed by atoms with Crippen LogP contribution >= 0.6 is 0 Å². The maximum Gasteiger partial charge on any atom is 0.203 e. The molecule has 4 aromatic rings. The SMILES string of the molecule is Cn1c(NCC2CC2)nc2cnc(-c3ccc4ccccc4c3)cc21. The molecule has 1 saturated carbocycles. The standard InChI is InChI=1S/C21H20N4/c1-25-20-11-18(17-9-8-15-4-2-3-5-16(15)10-17)22-13-19(20)24-21(25)23-12-14-6-7-14/h2-5,8-11,13-14H,6-7,12H2,1H3,(H,23,24). The van der Waals surface area contributed by atoms with Gasteiger partial charge in [0, 0.05) is 19.2 Å². The van der Waals surface area contributed by atoms with Crippen LogP contribution in [-0.4, -0.2) is 21.1 Å². The van der Waals surface area contributed by atoms with Gasteiger partial charge in [0.2, 0.25) is 5.95 Å². The minimum atomic E-state index is 0.825. The van der Waals surface area contributed by atoms with Crippen LogP contribution < -0.4 is 5.32 Å². The zero-order valence-corrected chi connectivity index (χ0v) is 14.2. The molecular weight excluding hydrogens is 308 g/mol. The first-order valence-electron chi connectivity index (χ1n) is 8.83. The van der Waals surface area contributed by atoms with Gasteiger partial charge in [-0.05, 0) is 41.7 Å². The highest BCUT2D eigenvalue weighted by Gasteiger charge is 2.21. The lowest BCUT2D eigenvalue weighted by Gasteiger charge is -2.06. The summed E-state index contributed by atoms with van der Waals surface area (Å²) in [6, 6.07) is 17.0. The summed E-state index contributed by atoms with van der Waals surface area (Å²) in [7, 11) is 2.06. The Morgan fingerprint density at radius 1 is 1.08 bits per heavy atom. The average molecular weight is 328 g/mol. The van der Waals surface area contributed by atoms with E-state index in [0.29, 0.717) is 0 Å². The summed E-state index contributed by atoms with van der Waals surface area (Å²) in [5, 5.41) is 5.96. The van der Waals surface area contributed by atoms with Crippen LogP contribution in [0.15, 0.2) is 54.7 Å². The number of imidazole rings is 1. The Balaban J connectivity index is 1.54. The topological polar surface area (TPSA) is 42.7 Å². The van der Waals surface area contributed by atoms with E-state index in [2.05, 4.69) is 75.4 Å². The summed E-state index contributed by atoms with van der Waals surface area (Å²) >= 11 is 0. The summed E-state index contributed by atoms with van der Waals surface area (Å²) in [5.41, 5.74) is 4.16. The van der Waals surface area contributed by atoms with E-state index < -0.39 is 0 Å². The van der Waals surface area contributed by atoms with E-state index in [0.717, 1.165) is 40.7 Å². The number of hydrogen-bond acceptors (Lipinski definition) is 3. The lowest BCUT2D eigenvalue weighted by Crippen LogP contribution is -2.07. The second kappa shape index (κ2) is 5.59. The highest BCUT2D eigenvalue weighted by Crippen LogP contribution is 2.30. The van der Waals surface area contributed by atoms with E-state index in [1.807, 2.05) is 6.20 Å². The number of nitrogens with one attached hydrogen (secondary N) is 1. The molecule has 124 valence electrons. The van der Waals surface area contributed by atoms with Gasteiger partial charge < -0.3 is 9.88 Å². The van der Waals surface area contributed by atoms with Crippen LogP contribution in [0.2, 0.25) is 0 Å². The number of nitrogens with zero attached hydrogens (tertiary/aromatic N) is 3. The molecule has 1 aliphatic carbocycles. The van der Waals surface area contributed by atoms with E-state index in [1.54, 1.807) is 0 Å². The predicted molar refractivity (Wildman–Crippen MR) is 103 cm³/mol. The molecule has 5 rings (SSSR count). The quantitative estimate of drug-likeness (QED) is 0.595. The molecule has 0 spiro atoms. The van der Waals surface area contributed by atoms with Crippen molar-refractivity contribution in [3.63, 3.8) is 0 Å². The number of pyridine rings is 1. The van der Waals surface area contributed by atoms with Crippen molar-refractivity contribution in [2.45, 2.75) is 12.8 Å². The van der Waals surface area contributed by atoms with Crippen LogP contribution in [0.5, 0.6) is 0 Å². The van der Waals surface area contributed by atoms with Crippen LogP contribution in [0, 0.1) is 5.92 Å². The Labute approximate surface area is 146 Å². The minimum absolute atomic E-state index is 0.825. The van der Waals surface area contributed by atoms with Crippen molar-refractivity contribution < 1.29 is 0 Å². The molecule has 0 saturated heterocycles. The van der Waals surface area contributed by atoms with Crippen molar-refractivity contribution in [2.75, 3.05) is 11.9 Å². The van der Waals surface area contributed by atoms with Crippen LogP contribution in [0.1, 0.15) is 12.8 Å². The molecule has 2 aromatic heterocycles. The summed E-state index contributed by atoms with van der Waals surface area (Å²) in [6.07, 6.45) is 4.55. The van der Waals surface area contributed by atoms with Gasteiger partial charge in [-0.1, -0.05) is 36.4 Å². The second-order valence-corrected chi connectivity index (χ2v) is 6.94. The molecule has 0 bridgehead atoms. The molecule has 4 heteroatoms. The molecule has 2 heterocycles. The van der Waals surface area contributed by atoms with Gasteiger partial charge in [0.1, 0.15) is 5.52 Å². The normalized spacial score (nSPS) is 14.3. The third-order valence-corrected chi connectivity index (χ3v) is 5.06. The predicted octanol–water partition coefficient (Wildman–Crippen LogP) is 4.61. The Morgan fingerprint density at radius 3 is 2.76 bits per heavy atom. The van der Waals surface area contributed by atoms with Crippen molar-refractivity contribution in [2.24, 2.45) is 13.0 Å². The number of hydrogen-bond donors (Lipinski definition) is 1. The van der Waals surface area contributed by atoms with Gasteiger partial charge >= 0.3 is 0 Å². The molecule has 0 aliphatic heterocycles. The van der Waals surface area contributed by atoms with Crippen molar-refractivity contribution in [3.05, 3.63) is 54.7 Å². The molecule has 1 N–H and O–H groups in total. The molecule has 0 unspecified atom stereocenters. The molecule has 0 radical (unpaired) electrons. The molecule has 0 atom stereocenters. The lowest BCUT2D eigenvalue weighted by molar-refractivity contribution is 0.850. The maximum absolute atomic E-state index is 4.69. The monoisotopic (exact) mass is 328 g/mol. The number of benzene rings is 2. The van der Waals surface area contributed by atoms with E-state index >= 15 is 0 Å². The van der Waals surface area contributed by atoms with Crippen LogP contribution in [0.4, 0.5) is 5.95 Å². The number of rotatable bonds is 4. The third kappa shape index (κ3) is 2.64. The highest BCUT2D eigenvalue weighted by molar-refractivity contribution is 5.88. The Hall–Kier alpha value is -2.88. The van der Waals surface area contributed by atoms with Gasteiger partial charge in [0.25, 0.3) is 0 Å². The van der Waals surface area contributed by atoms with Crippen LogP contribution in [0.3, 0.4) is 0 Å². The second-order valence-electron chi connectivity index (χ2n) is 6.94. The molecule has 25 heavy (non-hydrogen) atoms. The number of aromatic nitrogens is 3. The summed E-state index contributed by atoms with van der Waals surface area (Å²) in [6.45, 7) is 1.02. The summed E-state index contributed by atoms with van der Waals surface area (Å²) in [4.78, 5) is 9.33. The van der Waals surface area contributed by atoms with Gasteiger partial charge in [-0.15, -0.1) is 0 Å². The first kappa shape index (κ1) is 14.5. The molecule has 1 aliphatic rings. The zero-order valence-electron chi connectivity index (χ0n) is 14.2. The van der Waals surface area contributed by atoms with E-state index in [-0.39, 0.29) is 0 Å². The van der Waals surface area contributed by atoms with Crippen molar-refractivity contribution in [1.29, 1.82) is 0 Å². The Kier molecular flexibility index (Phi) is 3.23. The minimum Gasteiger partial charge on any atom is -0.355 e. The smallest absolute Gasteiger partial charge is 0.203 e. The van der Waals surface area contributed by atoms with E-state index in [4.69, 9.17) is 0 Å². The van der Waals surface area contributed by atoms with Crippen LogP contribution in [-0.2, 0) is 7.05 Å². The van der Waals surface area contributed by atoms with Gasteiger partial charge in [0.15, 0.2) is 0 Å². The first-order chi connectivity index (χ1) is 12.3. The summed E-state index contributed by atoms with van der Waals surface area (Å²) in [5.74, 6) is 1.76. The average Bonchev–Trinajstić information content (AvgIpc) is 3.43. The number of anilines is 1. The third-order valence-electron chi connectivity index (χ3n) is 5.06. The van der Waals surface area contributed by atoms with Crippen LogP contribution in [0.25, 0.3) is 33.1 Å². The van der Waals surface area contributed by atoms with Crippen molar-refractivity contribution in [3.8, 4) is 11.3 Å². The summed E-state index contributed by atoms with van der Waals surface area (Å²) < 4.78 is 2.13. The highest BCUT2D eigenvalue weighted by atomic mass is 15.2. The molecular formula is C21H20N4. The Bertz CT molecular complexity index is 1080. The molecule has 0 amide bonds. The fourth-order valence-electron chi connectivity index (χ4n) is 3.32. The van der Waals surface area contributed by atoms with Crippen molar-refractivity contribution >= 4 is 27.8 Å². The van der Waals surface area contributed by atoms with Gasteiger partial charge in [-0.25, -0.2) is 4.98 Å². The zero-order chi connectivity index (χ0) is 16.8. The molecule has 4 nitrogen and oxygen atoms in total. The van der Waals surface area contributed by atoms with Crippen molar-refractivity contribution in [1.82, 2.24) is 14.5 Å². The fourth-order valence-corrected chi connectivity index (χ4v) is 3.32. The number of aryl methyl sites for hydroxylation is 1. The Morgan fingerprint density at radius 2 is 1.92 bits per heavy atom. The number of fused-ring (bicyclic) bond motifs is 2. The largest absolute Gasteiger partial charge is 0.355 e. The maximum atomic E-state index is 4.69. The van der Waals surface area contributed by atoms with E-state index in [1.165, 1.54) is 23.6 Å². The first-order valence-corrected chi connectivity index (χ1v) is 8.83. The van der Waals surface area contributed by atoms with Gasteiger partial charge in [0.05, 0.1) is 17.4 Å². The lowest BCUT2D eigenvalue weighted by atomic mass is 10.0.